The van der Waals surface area contributed by atoms with Gasteiger partial charge in [0, 0.05) is 10.9 Å². The molecule has 0 fully saturated rings. The van der Waals surface area contributed by atoms with Gasteiger partial charge < -0.3 is 0 Å². The van der Waals surface area contributed by atoms with Gasteiger partial charge in [-0.2, -0.15) is 0 Å². The number of hydrogen-bond acceptors (Lipinski definition) is 5. The van der Waals surface area contributed by atoms with Crippen LogP contribution in [-0.2, 0) is 12.8 Å². The van der Waals surface area contributed by atoms with Crippen LogP contribution in [0.4, 0.5) is 10.1 Å². The zero-order chi connectivity index (χ0) is 19.6. The molecule has 2 N–H and O–H groups in total. The number of hydrazine groups is 1. The van der Waals surface area contributed by atoms with Crippen LogP contribution in [0.2, 0.25) is 0 Å². The number of benzene rings is 1. The lowest BCUT2D eigenvalue weighted by molar-refractivity contribution is -0.385. The molecule has 1 aromatic heterocycles. The molecule has 9 heteroatoms. The highest BCUT2D eigenvalue weighted by molar-refractivity contribution is 7.14. The quantitative estimate of drug-likeness (QED) is 0.475. The predicted molar refractivity (Wildman–Crippen MR) is 98.3 cm³/mol. The molecule has 1 aliphatic carbocycles. The van der Waals surface area contributed by atoms with Crippen molar-refractivity contribution < 1.29 is 18.9 Å². The third kappa shape index (κ3) is 4.13. The Balaban J connectivity index is 1.69. The highest BCUT2D eigenvalue weighted by Gasteiger charge is 2.21. The van der Waals surface area contributed by atoms with E-state index >= 15 is 0 Å². The van der Waals surface area contributed by atoms with E-state index in [0.717, 1.165) is 37.8 Å². The Labute approximate surface area is 158 Å². The smallest absolute Gasteiger partial charge is 0.267 e. The van der Waals surface area contributed by atoms with Gasteiger partial charge in [-0.05, 0) is 50.3 Å². The van der Waals surface area contributed by atoms with E-state index in [1.165, 1.54) is 35.1 Å². The van der Waals surface area contributed by atoms with Crippen molar-refractivity contribution in [3.8, 4) is 0 Å². The summed E-state index contributed by atoms with van der Waals surface area (Å²) in [7, 11) is 0. The number of thiophene rings is 1. The Hall–Kier alpha value is -2.81. The molecular weight excluding hydrogens is 373 g/mol. The molecule has 1 heterocycles. The molecule has 27 heavy (non-hydrogen) atoms. The average Bonchev–Trinajstić information content (AvgIpc) is 2.92. The number of hydrogen-bond donors (Lipinski definition) is 2. The van der Waals surface area contributed by atoms with E-state index in [0.29, 0.717) is 4.88 Å². The van der Waals surface area contributed by atoms with Gasteiger partial charge in [0.05, 0.1) is 20.9 Å². The molecule has 0 saturated heterocycles. The third-order valence-corrected chi connectivity index (χ3v) is 5.77. The van der Waals surface area contributed by atoms with Gasteiger partial charge in [-0.15, -0.1) is 11.3 Å². The van der Waals surface area contributed by atoms with Crippen molar-refractivity contribution in [3.05, 3.63) is 60.6 Å². The Morgan fingerprint density at radius 1 is 1.11 bits per heavy atom. The van der Waals surface area contributed by atoms with Crippen LogP contribution < -0.4 is 10.9 Å². The van der Waals surface area contributed by atoms with Crippen molar-refractivity contribution in [2.45, 2.75) is 39.0 Å². The molecule has 0 atom stereocenters. The van der Waals surface area contributed by atoms with Gasteiger partial charge in [-0.3, -0.25) is 30.6 Å². The Kier molecular flexibility index (Phi) is 5.50. The molecular formula is C18H18FN3O4S. The van der Waals surface area contributed by atoms with E-state index in [1.807, 2.05) is 6.07 Å². The van der Waals surface area contributed by atoms with E-state index < -0.39 is 28.2 Å². The first-order valence-corrected chi connectivity index (χ1v) is 9.35. The second-order valence-electron chi connectivity index (χ2n) is 6.39. The van der Waals surface area contributed by atoms with Crippen LogP contribution in [0.15, 0.2) is 18.2 Å². The van der Waals surface area contributed by atoms with Crippen LogP contribution in [0.1, 0.15) is 55.3 Å². The van der Waals surface area contributed by atoms with Crippen molar-refractivity contribution in [1.82, 2.24) is 10.9 Å². The number of fused-ring (bicyclic) bond motifs is 1. The normalized spacial score (nSPS) is 13.4. The molecule has 1 aliphatic rings. The van der Waals surface area contributed by atoms with Crippen molar-refractivity contribution in [3.63, 3.8) is 0 Å². The lowest BCUT2D eigenvalue weighted by Gasteiger charge is -2.07. The molecule has 0 bridgehead atoms. The summed E-state index contributed by atoms with van der Waals surface area (Å²) in [6.45, 7) is 1.26. The summed E-state index contributed by atoms with van der Waals surface area (Å²) in [5, 5.41) is 11.0. The van der Waals surface area contributed by atoms with Gasteiger partial charge in [0.2, 0.25) is 0 Å². The number of aryl methyl sites for hydroxylation is 2. The minimum atomic E-state index is -0.859. The van der Waals surface area contributed by atoms with Crippen molar-refractivity contribution in [2.75, 3.05) is 0 Å². The fraction of sp³-hybridized carbons (Fsp3) is 0.333. The predicted octanol–water partition coefficient (Wildman–Crippen LogP) is 3.45. The fourth-order valence-electron chi connectivity index (χ4n) is 3.01. The van der Waals surface area contributed by atoms with Gasteiger partial charge in [-0.1, -0.05) is 6.42 Å². The second-order valence-corrected chi connectivity index (χ2v) is 7.52. The lowest BCUT2D eigenvalue weighted by Crippen LogP contribution is -2.41. The van der Waals surface area contributed by atoms with Crippen molar-refractivity contribution in [1.29, 1.82) is 0 Å². The molecule has 7 nitrogen and oxygen atoms in total. The van der Waals surface area contributed by atoms with E-state index in [4.69, 9.17) is 0 Å². The van der Waals surface area contributed by atoms with E-state index in [9.17, 15) is 24.1 Å². The van der Waals surface area contributed by atoms with Crippen LogP contribution in [0, 0.1) is 22.9 Å². The van der Waals surface area contributed by atoms with Crippen molar-refractivity contribution >= 4 is 28.8 Å². The number of halogens is 1. The number of nitro benzene ring substituents is 1. The Morgan fingerprint density at radius 2 is 1.81 bits per heavy atom. The summed E-state index contributed by atoms with van der Waals surface area (Å²) in [6, 6.07) is 3.72. The largest absolute Gasteiger partial charge is 0.279 e. The number of carbonyl (C=O) groups excluding carboxylic acids is 2. The first-order valence-electron chi connectivity index (χ1n) is 8.53. The van der Waals surface area contributed by atoms with Crippen LogP contribution in [0.25, 0.3) is 0 Å². The molecule has 0 radical (unpaired) electrons. The molecule has 2 amide bonds. The van der Waals surface area contributed by atoms with Gasteiger partial charge in [0.1, 0.15) is 5.82 Å². The number of nitrogens with zero attached hydrogens (tertiary/aromatic N) is 1. The van der Waals surface area contributed by atoms with Crippen LogP contribution in [-0.4, -0.2) is 16.7 Å². The molecule has 0 unspecified atom stereocenters. The van der Waals surface area contributed by atoms with Gasteiger partial charge in [0.15, 0.2) is 0 Å². The molecule has 1 aromatic carbocycles. The summed E-state index contributed by atoms with van der Waals surface area (Å²) in [4.78, 5) is 36.3. The summed E-state index contributed by atoms with van der Waals surface area (Å²) in [6.07, 6.45) is 5.27. The summed E-state index contributed by atoms with van der Waals surface area (Å²) in [5.74, 6) is -2.16. The average molecular weight is 391 g/mol. The number of carbonyl (C=O) groups is 2. The van der Waals surface area contributed by atoms with Crippen LogP contribution in [0.5, 0.6) is 0 Å². The fourth-order valence-corrected chi connectivity index (χ4v) is 4.16. The lowest BCUT2D eigenvalue weighted by atomic mass is 10.1. The monoisotopic (exact) mass is 391 g/mol. The minimum absolute atomic E-state index is 0.152. The minimum Gasteiger partial charge on any atom is -0.267 e. The third-order valence-electron chi connectivity index (χ3n) is 4.54. The first kappa shape index (κ1) is 19.0. The van der Waals surface area contributed by atoms with Gasteiger partial charge in [0.25, 0.3) is 17.5 Å². The maximum atomic E-state index is 13.8. The van der Waals surface area contributed by atoms with Gasteiger partial charge >= 0.3 is 0 Å². The van der Waals surface area contributed by atoms with Gasteiger partial charge in [-0.25, -0.2) is 4.39 Å². The maximum Gasteiger partial charge on any atom is 0.279 e. The standard InChI is InChI=1S/C18H18FN3O4S/c1-10-13(19)7-12(8-14(10)22(25)26)17(23)20-21-18(24)16-9-11-5-3-2-4-6-15(11)27-16/h7-9H,2-6H2,1H3,(H,20,23)(H,21,24). The van der Waals surface area contributed by atoms with Crippen LogP contribution in [0.3, 0.4) is 0 Å². The maximum absolute atomic E-state index is 13.8. The number of amides is 2. The van der Waals surface area contributed by atoms with Crippen LogP contribution >= 0.6 is 11.3 Å². The first-order chi connectivity index (χ1) is 12.9. The topological polar surface area (TPSA) is 101 Å². The highest BCUT2D eigenvalue weighted by Crippen LogP contribution is 2.29. The SMILES string of the molecule is Cc1c(F)cc(C(=O)NNC(=O)c2cc3c(s2)CCCCC3)cc1[N+](=O)[O-]. The summed E-state index contributed by atoms with van der Waals surface area (Å²) in [5.41, 5.74) is 4.75. The summed E-state index contributed by atoms with van der Waals surface area (Å²) < 4.78 is 13.8. The Bertz CT molecular complexity index is 902. The molecule has 3 rings (SSSR count). The Morgan fingerprint density at radius 3 is 2.56 bits per heavy atom. The molecule has 2 aromatic rings. The molecule has 0 saturated carbocycles. The summed E-state index contributed by atoms with van der Waals surface area (Å²) >= 11 is 1.40. The van der Waals surface area contributed by atoms with E-state index in [-0.39, 0.29) is 11.1 Å². The highest BCUT2D eigenvalue weighted by atomic mass is 32.1. The van der Waals surface area contributed by atoms with E-state index in [2.05, 4.69) is 10.9 Å². The zero-order valence-corrected chi connectivity index (χ0v) is 15.5. The molecule has 0 aliphatic heterocycles. The molecule has 142 valence electrons. The number of rotatable bonds is 3. The molecule has 0 spiro atoms. The van der Waals surface area contributed by atoms with Crippen molar-refractivity contribution in [2.24, 2.45) is 0 Å². The zero-order valence-electron chi connectivity index (χ0n) is 14.6. The number of nitrogens with one attached hydrogen (secondary N) is 2. The second kappa shape index (κ2) is 7.83. The van der Waals surface area contributed by atoms with E-state index in [1.54, 1.807) is 0 Å². The number of nitro groups is 1.